The van der Waals surface area contributed by atoms with Crippen molar-refractivity contribution >= 4 is 18.0 Å². The van der Waals surface area contributed by atoms with Crippen LogP contribution in [0.4, 0.5) is 4.79 Å². The molecule has 0 saturated carbocycles. The van der Waals surface area contributed by atoms with Gasteiger partial charge in [-0.2, -0.15) is 0 Å². The van der Waals surface area contributed by atoms with Crippen LogP contribution in [0.2, 0.25) is 0 Å². The summed E-state index contributed by atoms with van der Waals surface area (Å²) in [5.74, 6) is -1.32. The standard InChI is InChI=1S/C15H18N2O5/c18-13-6-7-16(8-9-17(13)10-14(19)20)15(21)22-11-12-4-2-1-3-5-12/h1-5H,6-11H2,(H,19,20). The van der Waals surface area contributed by atoms with E-state index in [1.807, 2.05) is 30.3 Å². The van der Waals surface area contributed by atoms with E-state index in [0.717, 1.165) is 5.56 Å². The van der Waals surface area contributed by atoms with E-state index >= 15 is 0 Å². The Morgan fingerprint density at radius 1 is 1.14 bits per heavy atom. The number of hydrogen-bond acceptors (Lipinski definition) is 4. The van der Waals surface area contributed by atoms with Crippen molar-refractivity contribution in [3.63, 3.8) is 0 Å². The fourth-order valence-electron chi connectivity index (χ4n) is 2.19. The summed E-state index contributed by atoms with van der Waals surface area (Å²) in [7, 11) is 0. The van der Waals surface area contributed by atoms with Crippen molar-refractivity contribution in [2.75, 3.05) is 26.2 Å². The van der Waals surface area contributed by atoms with Crippen molar-refractivity contribution in [3.05, 3.63) is 35.9 Å². The molecule has 1 heterocycles. The van der Waals surface area contributed by atoms with E-state index in [1.54, 1.807) is 0 Å². The second kappa shape index (κ2) is 7.44. The van der Waals surface area contributed by atoms with Gasteiger partial charge >= 0.3 is 12.1 Å². The Labute approximate surface area is 128 Å². The number of carboxylic acids is 1. The number of amides is 2. The first kappa shape index (κ1) is 15.8. The molecule has 0 aromatic heterocycles. The minimum Gasteiger partial charge on any atom is -0.480 e. The number of carbonyl (C=O) groups is 3. The predicted molar refractivity (Wildman–Crippen MR) is 77.0 cm³/mol. The second-order valence-corrected chi connectivity index (χ2v) is 4.99. The molecule has 118 valence electrons. The van der Waals surface area contributed by atoms with Gasteiger partial charge in [-0.15, -0.1) is 0 Å². The first-order valence-electron chi connectivity index (χ1n) is 7.01. The third kappa shape index (κ3) is 4.47. The molecule has 1 fully saturated rings. The lowest BCUT2D eigenvalue weighted by atomic mass is 10.2. The summed E-state index contributed by atoms with van der Waals surface area (Å²) in [6.45, 7) is 0.537. The molecule has 1 aliphatic rings. The van der Waals surface area contributed by atoms with Crippen molar-refractivity contribution < 1.29 is 24.2 Å². The van der Waals surface area contributed by atoms with Crippen LogP contribution in [0, 0.1) is 0 Å². The van der Waals surface area contributed by atoms with E-state index in [-0.39, 0.29) is 45.1 Å². The van der Waals surface area contributed by atoms with Crippen molar-refractivity contribution in [2.24, 2.45) is 0 Å². The zero-order valence-electron chi connectivity index (χ0n) is 12.1. The first-order valence-corrected chi connectivity index (χ1v) is 7.01. The van der Waals surface area contributed by atoms with Crippen LogP contribution in [0.3, 0.4) is 0 Å². The fourth-order valence-corrected chi connectivity index (χ4v) is 2.19. The molecule has 22 heavy (non-hydrogen) atoms. The summed E-state index contributed by atoms with van der Waals surface area (Å²) >= 11 is 0. The molecule has 1 aromatic rings. The van der Waals surface area contributed by atoms with Crippen LogP contribution in [-0.2, 0) is 20.9 Å². The number of aliphatic carboxylic acids is 1. The van der Waals surface area contributed by atoms with Crippen molar-refractivity contribution in [2.45, 2.75) is 13.0 Å². The molecule has 0 aliphatic carbocycles. The average molecular weight is 306 g/mol. The van der Waals surface area contributed by atoms with Gasteiger partial charge in [0.2, 0.25) is 5.91 Å². The highest BCUT2D eigenvalue weighted by Gasteiger charge is 2.25. The molecule has 2 amide bonds. The lowest BCUT2D eigenvalue weighted by Gasteiger charge is -2.20. The van der Waals surface area contributed by atoms with Crippen LogP contribution in [-0.4, -0.2) is 59.1 Å². The Balaban J connectivity index is 1.86. The molecule has 0 bridgehead atoms. The molecule has 2 rings (SSSR count). The van der Waals surface area contributed by atoms with Crippen LogP contribution in [0.15, 0.2) is 30.3 Å². The number of carbonyl (C=O) groups excluding carboxylic acids is 2. The molecular weight excluding hydrogens is 288 g/mol. The van der Waals surface area contributed by atoms with Gasteiger partial charge in [-0.1, -0.05) is 30.3 Å². The van der Waals surface area contributed by atoms with Crippen LogP contribution >= 0.6 is 0 Å². The lowest BCUT2D eigenvalue weighted by Crippen LogP contribution is -2.38. The SMILES string of the molecule is O=C(O)CN1CCN(C(=O)OCc2ccccc2)CCC1=O. The zero-order chi connectivity index (χ0) is 15.9. The lowest BCUT2D eigenvalue weighted by molar-refractivity contribution is -0.144. The smallest absolute Gasteiger partial charge is 0.410 e. The minimum absolute atomic E-state index is 0.105. The Morgan fingerprint density at radius 3 is 2.55 bits per heavy atom. The first-order chi connectivity index (χ1) is 10.6. The quantitative estimate of drug-likeness (QED) is 0.894. The highest BCUT2D eigenvalue weighted by atomic mass is 16.6. The fraction of sp³-hybridized carbons (Fsp3) is 0.400. The van der Waals surface area contributed by atoms with Crippen molar-refractivity contribution in [3.8, 4) is 0 Å². The average Bonchev–Trinajstić information content (AvgIpc) is 2.68. The van der Waals surface area contributed by atoms with Crippen molar-refractivity contribution in [1.82, 2.24) is 9.80 Å². The van der Waals surface area contributed by atoms with E-state index < -0.39 is 12.1 Å². The third-order valence-corrected chi connectivity index (χ3v) is 3.38. The molecule has 7 heteroatoms. The Morgan fingerprint density at radius 2 is 1.86 bits per heavy atom. The molecule has 0 unspecified atom stereocenters. The van der Waals surface area contributed by atoms with E-state index in [0.29, 0.717) is 0 Å². The largest absolute Gasteiger partial charge is 0.480 e. The molecule has 0 atom stereocenters. The van der Waals surface area contributed by atoms with Gasteiger partial charge in [0.05, 0.1) is 0 Å². The Bertz CT molecular complexity index is 546. The number of benzene rings is 1. The topological polar surface area (TPSA) is 87.2 Å². The van der Waals surface area contributed by atoms with E-state index in [4.69, 9.17) is 9.84 Å². The van der Waals surface area contributed by atoms with Crippen LogP contribution in [0.25, 0.3) is 0 Å². The van der Waals surface area contributed by atoms with E-state index in [1.165, 1.54) is 9.80 Å². The second-order valence-electron chi connectivity index (χ2n) is 4.99. The predicted octanol–water partition coefficient (Wildman–Crippen LogP) is 0.942. The minimum atomic E-state index is -1.06. The maximum Gasteiger partial charge on any atom is 0.410 e. The molecular formula is C15H18N2O5. The number of carboxylic acid groups (broad SMARTS) is 1. The van der Waals surface area contributed by atoms with Crippen LogP contribution < -0.4 is 0 Å². The number of ether oxygens (including phenoxy) is 1. The maximum absolute atomic E-state index is 12.0. The summed E-state index contributed by atoms with van der Waals surface area (Å²) in [6, 6.07) is 9.31. The molecule has 1 aromatic carbocycles. The zero-order valence-corrected chi connectivity index (χ0v) is 12.1. The summed E-state index contributed by atoms with van der Waals surface area (Å²) in [6.07, 6.45) is -0.387. The molecule has 0 radical (unpaired) electrons. The van der Waals surface area contributed by atoms with E-state index in [9.17, 15) is 14.4 Å². The molecule has 1 saturated heterocycles. The maximum atomic E-state index is 12.0. The summed E-state index contributed by atoms with van der Waals surface area (Å²) < 4.78 is 5.22. The van der Waals surface area contributed by atoms with Gasteiger partial charge in [-0.25, -0.2) is 4.79 Å². The van der Waals surface area contributed by atoms with Gasteiger partial charge in [0.15, 0.2) is 0 Å². The molecule has 1 aliphatic heterocycles. The van der Waals surface area contributed by atoms with Crippen LogP contribution in [0.5, 0.6) is 0 Å². The highest BCUT2D eigenvalue weighted by Crippen LogP contribution is 2.08. The van der Waals surface area contributed by atoms with Gasteiger partial charge in [0, 0.05) is 26.1 Å². The summed E-state index contributed by atoms with van der Waals surface area (Å²) in [5.41, 5.74) is 0.884. The van der Waals surface area contributed by atoms with Crippen molar-refractivity contribution in [1.29, 1.82) is 0 Å². The van der Waals surface area contributed by atoms with Gasteiger partial charge in [-0.3, -0.25) is 9.59 Å². The third-order valence-electron chi connectivity index (χ3n) is 3.38. The van der Waals surface area contributed by atoms with Gasteiger partial charge in [-0.05, 0) is 5.56 Å². The summed E-state index contributed by atoms with van der Waals surface area (Å²) in [5, 5.41) is 8.76. The highest BCUT2D eigenvalue weighted by molar-refractivity contribution is 5.82. The number of nitrogens with zero attached hydrogens (tertiary/aromatic N) is 2. The number of rotatable bonds is 4. The molecule has 0 spiro atoms. The Kier molecular flexibility index (Phi) is 5.35. The van der Waals surface area contributed by atoms with E-state index in [2.05, 4.69) is 0 Å². The normalized spacial score (nSPS) is 15.4. The van der Waals surface area contributed by atoms with Gasteiger partial charge in [0.1, 0.15) is 13.2 Å². The molecule has 1 N–H and O–H groups in total. The number of hydrogen-bond donors (Lipinski definition) is 1. The molecule has 7 nitrogen and oxygen atoms in total. The van der Waals surface area contributed by atoms with Gasteiger partial charge < -0.3 is 19.6 Å². The Hall–Kier alpha value is -2.57. The monoisotopic (exact) mass is 306 g/mol. The van der Waals surface area contributed by atoms with Crippen LogP contribution in [0.1, 0.15) is 12.0 Å². The van der Waals surface area contributed by atoms with Gasteiger partial charge in [0.25, 0.3) is 0 Å². The summed E-state index contributed by atoms with van der Waals surface area (Å²) in [4.78, 5) is 37.2.